The molecule has 2 aromatic carbocycles. The number of benzene rings is 2. The van der Waals surface area contributed by atoms with E-state index in [9.17, 15) is 9.59 Å². The van der Waals surface area contributed by atoms with Crippen LogP contribution in [0.1, 0.15) is 24.0 Å². The molecule has 3 aromatic rings. The van der Waals surface area contributed by atoms with E-state index in [4.69, 9.17) is 4.74 Å². The lowest BCUT2D eigenvalue weighted by Gasteiger charge is -2.27. The van der Waals surface area contributed by atoms with E-state index in [1.807, 2.05) is 48.5 Å². The van der Waals surface area contributed by atoms with Crippen LogP contribution < -0.4 is 15.4 Å². The van der Waals surface area contributed by atoms with E-state index in [1.165, 1.54) is 11.1 Å². The highest BCUT2D eigenvalue weighted by molar-refractivity contribution is 5.91. The van der Waals surface area contributed by atoms with E-state index in [2.05, 4.69) is 44.1 Å². The number of hydrogen-bond donors (Lipinski definition) is 2. The molecule has 0 aliphatic carbocycles. The molecule has 3 aliphatic heterocycles. The molecule has 3 aliphatic rings. The molecule has 0 radical (unpaired) electrons. The van der Waals surface area contributed by atoms with E-state index in [-0.39, 0.29) is 29.7 Å². The number of nitrogens with one attached hydrogen (secondary N) is 2. The van der Waals surface area contributed by atoms with Crippen LogP contribution in [0.5, 0.6) is 5.75 Å². The Morgan fingerprint density at radius 3 is 2.73 bits per heavy atom. The first-order valence-corrected chi connectivity index (χ1v) is 13.9. The lowest BCUT2D eigenvalue weighted by atomic mass is 9.96. The Morgan fingerprint density at radius 2 is 1.95 bits per heavy atom. The van der Waals surface area contributed by atoms with Crippen LogP contribution in [-0.2, 0) is 29.6 Å². The Bertz CT molecular complexity index is 1460. The molecular weight excluding hydrogens is 506 g/mol. The summed E-state index contributed by atoms with van der Waals surface area (Å²) in [5.74, 6) is 1.17. The van der Waals surface area contributed by atoms with E-state index in [1.54, 1.807) is 11.8 Å². The molecule has 2 saturated heterocycles. The molecule has 4 heterocycles. The molecule has 2 fully saturated rings. The maximum Gasteiger partial charge on any atom is 0.243 e. The standard InChI is InChI=1S/C30H35N7O3/c1-36-27-8-5-20(12-25(27)34-35-36)15-33-29(38)28-13-21(11-19-3-6-24(40-2)7-4-19)18-37(28)30(39)26-14-23(17-32-26)22-9-10-31-16-22/h3-9,12,16,21,23,26,28,32H,10-11,13-15,17-18H2,1-2H3,(H,33,38). The number of carbonyl (C=O) groups is 2. The predicted molar refractivity (Wildman–Crippen MR) is 152 cm³/mol. The number of aliphatic imine (C=N–C) groups is 1. The minimum absolute atomic E-state index is 0.0106. The number of rotatable bonds is 8. The second-order valence-electron chi connectivity index (χ2n) is 11.0. The Hall–Kier alpha value is -4.05. The van der Waals surface area contributed by atoms with Crippen molar-refractivity contribution in [3.8, 4) is 5.75 Å². The van der Waals surface area contributed by atoms with Crippen LogP contribution in [0.4, 0.5) is 0 Å². The Kier molecular flexibility index (Phi) is 7.34. The van der Waals surface area contributed by atoms with Crippen molar-refractivity contribution in [1.29, 1.82) is 0 Å². The van der Waals surface area contributed by atoms with Gasteiger partial charge in [-0.15, -0.1) is 5.10 Å². The van der Waals surface area contributed by atoms with Crippen molar-refractivity contribution in [1.82, 2.24) is 30.5 Å². The predicted octanol–water partition coefficient (Wildman–Crippen LogP) is 2.04. The number of amides is 2. The van der Waals surface area contributed by atoms with Crippen LogP contribution >= 0.6 is 0 Å². The third-order valence-electron chi connectivity index (χ3n) is 8.37. The molecule has 2 N–H and O–H groups in total. The summed E-state index contributed by atoms with van der Waals surface area (Å²) < 4.78 is 7.02. The average molecular weight is 542 g/mol. The quantitative estimate of drug-likeness (QED) is 0.451. The number of fused-ring (bicyclic) bond motifs is 1. The molecule has 40 heavy (non-hydrogen) atoms. The van der Waals surface area contributed by atoms with Crippen molar-refractivity contribution < 1.29 is 14.3 Å². The van der Waals surface area contributed by atoms with Gasteiger partial charge in [0.15, 0.2) is 0 Å². The third-order valence-corrected chi connectivity index (χ3v) is 8.37. The SMILES string of the molecule is COc1ccc(CC2CC(C(=O)NCc3ccc4c(c3)nnn4C)N(C(=O)C3CC(C4=CCN=C4)CN3)C2)cc1. The number of aryl methyl sites for hydroxylation is 1. The molecular formula is C30H35N7O3. The highest BCUT2D eigenvalue weighted by Crippen LogP contribution is 2.31. The Balaban J connectivity index is 1.15. The molecule has 6 rings (SSSR count). The van der Waals surface area contributed by atoms with Crippen LogP contribution in [0.3, 0.4) is 0 Å². The van der Waals surface area contributed by atoms with Crippen LogP contribution in [0.2, 0.25) is 0 Å². The van der Waals surface area contributed by atoms with Crippen molar-refractivity contribution in [3.63, 3.8) is 0 Å². The minimum atomic E-state index is -0.510. The monoisotopic (exact) mass is 541 g/mol. The molecule has 1 aromatic heterocycles. The van der Waals surface area contributed by atoms with E-state index in [0.29, 0.717) is 19.5 Å². The zero-order valence-electron chi connectivity index (χ0n) is 22.9. The van der Waals surface area contributed by atoms with Crippen molar-refractivity contribution in [2.24, 2.45) is 23.9 Å². The van der Waals surface area contributed by atoms with Crippen LogP contribution in [0.25, 0.3) is 11.0 Å². The molecule has 0 bridgehead atoms. The van der Waals surface area contributed by atoms with E-state index < -0.39 is 6.04 Å². The van der Waals surface area contributed by atoms with Crippen molar-refractivity contribution in [3.05, 3.63) is 65.2 Å². The van der Waals surface area contributed by atoms with Gasteiger partial charge in [-0.05, 0) is 72.1 Å². The van der Waals surface area contributed by atoms with Crippen LogP contribution in [-0.4, -0.2) is 76.8 Å². The second kappa shape index (κ2) is 11.2. The minimum Gasteiger partial charge on any atom is -0.497 e. The lowest BCUT2D eigenvalue weighted by molar-refractivity contribution is -0.139. The van der Waals surface area contributed by atoms with Gasteiger partial charge in [0.2, 0.25) is 11.8 Å². The van der Waals surface area contributed by atoms with Gasteiger partial charge in [-0.2, -0.15) is 0 Å². The first-order chi connectivity index (χ1) is 19.5. The summed E-state index contributed by atoms with van der Waals surface area (Å²) >= 11 is 0. The Morgan fingerprint density at radius 1 is 1.12 bits per heavy atom. The zero-order chi connectivity index (χ0) is 27.6. The van der Waals surface area contributed by atoms with Gasteiger partial charge < -0.3 is 20.3 Å². The fourth-order valence-corrected chi connectivity index (χ4v) is 6.18. The number of hydrogen-bond acceptors (Lipinski definition) is 7. The average Bonchev–Trinajstić information content (AvgIpc) is 3.79. The summed E-state index contributed by atoms with van der Waals surface area (Å²) in [6, 6.07) is 13.1. The van der Waals surface area contributed by atoms with Gasteiger partial charge in [-0.3, -0.25) is 14.6 Å². The molecule has 0 saturated carbocycles. The molecule has 2 amide bonds. The summed E-state index contributed by atoms with van der Waals surface area (Å²) in [4.78, 5) is 33.5. The van der Waals surface area contributed by atoms with E-state index in [0.717, 1.165) is 48.3 Å². The lowest BCUT2D eigenvalue weighted by Crippen LogP contribution is -2.51. The van der Waals surface area contributed by atoms with Crippen molar-refractivity contribution >= 4 is 29.1 Å². The van der Waals surface area contributed by atoms with Gasteiger partial charge in [0.25, 0.3) is 0 Å². The first kappa shape index (κ1) is 26.2. The van der Waals surface area contributed by atoms with Gasteiger partial charge in [-0.25, -0.2) is 4.68 Å². The molecule has 4 atom stereocenters. The smallest absolute Gasteiger partial charge is 0.243 e. The van der Waals surface area contributed by atoms with Gasteiger partial charge >= 0.3 is 0 Å². The molecule has 10 heteroatoms. The summed E-state index contributed by atoms with van der Waals surface area (Å²) in [5, 5.41) is 14.7. The largest absolute Gasteiger partial charge is 0.497 e. The molecule has 10 nitrogen and oxygen atoms in total. The number of methoxy groups -OCH3 is 1. The molecule has 4 unspecified atom stereocenters. The van der Waals surface area contributed by atoms with Crippen molar-refractivity contribution in [2.45, 2.75) is 37.9 Å². The first-order valence-electron chi connectivity index (χ1n) is 13.9. The van der Waals surface area contributed by atoms with Gasteiger partial charge in [-0.1, -0.05) is 29.5 Å². The number of nitrogens with zero attached hydrogens (tertiary/aromatic N) is 5. The normalized spacial score (nSPS) is 24.1. The highest BCUT2D eigenvalue weighted by atomic mass is 16.5. The Labute approximate surface area is 233 Å². The fraction of sp³-hybridized carbons (Fsp3) is 0.433. The van der Waals surface area contributed by atoms with E-state index >= 15 is 0 Å². The number of aromatic nitrogens is 3. The maximum atomic E-state index is 13.8. The number of carbonyl (C=O) groups excluding carboxylic acids is 2. The summed E-state index contributed by atoms with van der Waals surface area (Å²) in [7, 11) is 3.51. The maximum absolute atomic E-state index is 13.8. The third kappa shape index (κ3) is 5.36. The fourth-order valence-electron chi connectivity index (χ4n) is 6.18. The summed E-state index contributed by atoms with van der Waals surface area (Å²) in [6.07, 6.45) is 6.21. The van der Waals surface area contributed by atoms with Crippen molar-refractivity contribution in [2.75, 3.05) is 26.7 Å². The van der Waals surface area contributed by atoms with Crippen LogP contribution in [0.15, 0.2) is 59.1 Å². The van der Waals surface area contributed by atoms with Gasteiger partial charge in [0.1, 0.15) is 17.3 Å². The van der Waals surface area contributed by atoms with Crippen LogP contribution in [0, 0.1) is 11.8 Å². The van der Waals surface area contributed by atoms with Gasteiger partial charge in [0, 0.05) is 32.9 Å². The zero-order valence-corrected chi connectivity index (χ0v) is 22.9. The molecule has 0 spiro atoms. The molecule has 208 valence electrons. The number of likely N-dealkylation sites (tertiary alicyclic amines) is 1. The highest BCUT2D eigenvalue weighted by Gasteiger charge is 2.43. The summed E-state index contributed by atoms with van der Waals surface area (Å²) in [6.45, 7) is 2.39. The second-order valence-corrected chi connectivity index (χ2v) is 11.0. The van der Waals surface area contributed by atoms with Gasteiger partial charge in [0.05, 0.1) is 25.2 Å². The summed E-state index contributed by atoms with van der Waals surface area (Å²) in [5.41, 5.74) is 5.04. The topological polar surface area (TPSA) is 114 Å². The number of ether oxygens (including phenoxy) is 1.